The molecule has 3 atom stereocenters. The van der Waals surface area contributed by atoms with Gasteiger partial charge in [0.05, 0.1) is 11.5 Å². The largest absolute Gasteiger partial charge is 0.490 e. The van der Waals surface area contributed by atoms with Gasteiger partial charge in [0.15, 0.2) is 17.0 Å². The van der Waals surface area contributed by atoms with Crippen LogP contribution >= 0.6 is 11.8 Å². The fraction of sp³-hybridized carbons (Fsp3) is 0.344. The van der Waals surface area contributed by atoms with Gasteiger partial charge in [-0.15, -0.1) is 0 Å². The average molecular weight is 547 g/mol. The van der Waals surface area contributed by atoms with E-state index in [-0.39, 0.29) is 23.3 Å². The van der Waals surface area contributed by atoms with Gasteiger partial charge in [-0.1, -0.05) is 67.9 Å². The normalized spacial score (nSPS) is 22.2. The lowest BCUT2D eigenvalue weighted by Gasteiger charge is -2.39. The van der Waals surface area contributed by atoms with Gasteiger partial charge in [0.1, 0.15) is 12.4 Å². The maximum absolute atomic E-state index is 13.8. The molecule has 1 saturated heterocycles. The standard InChI is InChI=1S/C32H35FN2O3S/c1-3-37-29-19-24(15-18-28(29)38-21-23-13-16-25(33)17-14-23)20-30-31(36)35(27-12-8-7-9-22(27)2)32(39-30)34-26-10-5-4-6-11-26/h4-6,10-11,13-20,22,27,32,34H,3,7-9,12,21H2,1-2H3/b30-20-/t22-,27+,32?/m0/s1. The zero-order valence-corrected chi connectivity index (χ0v) is 23.3. The van der Waals surface area contributed by atoms with Crippen LogP contribution < -0.4 is 14.8 Å². The number of rotatable bonds is 9. The molecule has 1 aliphatic heterocycles. The van der Waals surface area contributed by atoms with E-state index in [4.69, 9.17) is 9.47 Å². The van der Waals surface area contributed by atoms with E-state index < -0.39 is 0 Å². The first-order valence-electron chi connectivity index (χ1n) is 13.7. The van der Waals surface area contributed by atoms with E-state index >= 15 is 0 Å². The molecular weight excluding hydrogens is 511 g/mol. The Balaban J connectivity index is 1.38. The minimum absolute atomic E-state index is 0.0711. The maximum atomic E-state index is 13.8. The summed E-state index contributed by atoms with van der Waals surface area (Å²) in [7, 11) is 0. The number of para-hydroxylation sites is 1. The molecule has 0 radical (unpaired) electrons. The van der Waals surface area contributed by atoms with Crippen LogP contribution in [0, 0.1) is 11.7 Å². The molecule has 3 aromatic carbocycles. The molecule has 7 heteroatoms. The van der Waals surface area contributed by atoms with Gasteiger partial charge in [0.2, 0.25) is 0 Å². The number of carbonyl (C=O) groups is 1. The summed E-state index contributed by atoms with van der Waals surface area (Å²) < 4.78 is 25.1. The van der Waals surface area contributed by atoms with Crippen molar-refractivity contribution in [2.24, 2.45) is 5.92 Å². The predicted octanol–water partition coefficient (Wildman–Crippen LogP) is 7.69. The Morgan fingerprint density at radius 1 is 1.00 bits per heavy atom. The SMILES string of the molecule is CCOc1cc(/C=C2\SC(Nc3ccccc3)N([C@@H]3CCCC[C@@H]3C)C2=O)ccc1OCc1ccc(F)cc1. The van der Waals surface area contributed by atoms with Crippen LogP contribution in [0.5, 0.6) is 11.5 Å². The third-order valence-electron chi connectivity index (χ3n) is 7.30. The first-order chi connectivity index (χ1) is 19.0. The topological polar surface area (TPSA) is 50.8 Å². The average Bonchev–Trinajstić information content (AvgIpc) is 3.24. The maximum Gasteiger partial charge on any atom is 0.262 e. The molecule has 1 unspecified atom stereocenters. The zero-order chi connectivity index (χ0) is 27.2. The number of anilines is 1. The van der Waals surface area contributed by atoms with Gasteiger partial charge in [-0.2, -0.15) is 0 Å². The molecule has 1 N–H and O–H groups in total. The number of hydrogen-bond acceptors (Lipinski definition) is 5. The van der Waals surface area contributed by atoms with Gasteiger partial charge in [0, 0.05) is 11.7 Å². The second kappa shape index (κ2) is 12.6. The Labute approximate surface area is 234 Å². The summed E-state index contributed by atoms with van der Waals surface area (Å²) in [5.74, 6) is 1.48. The molecule has 0 spiro atoms. The molecule has 39 heavy (non-hydrogen) atoms. The van der Waals surface area contributed by atoms with Crippen LogP contribution in [0.1, 0.15) is 50.7 Å². The molecule has 0 bridgehead atoms. The van der Waals surface area contributed by atoms with E-state index in [0.29, 0.717) is 35.5 Å². The van der Waals surface area contributed by atoms with Crippen molar-refractivity contribution in [3.05, 3.63) is 94.6 Å². The van der Waals surface area contributed by atoms with Crippen molar-refractivity contribution in [1.82, 2.24) is 4.90 Å². The van der Waals surface area contributed by atoms with Crippen molar-refractivity contribution < 1.29 is 18.7 Å². The molecule has 204 valence electrons. The summed E-state index contributed by atoms with van der Waals surface area (Å²) in [5.41, 5.74) is 2.58. The van der Waals surface area contributed by atoms with Gasteiger partial charge < -0.3 is 19.7 Å². The Kier molecular flexibility index (Phi) is 8.77. The summed E-state index contributed by atoms with van der Waals surface area (Å²) in [4.78, 5) is 16.6. The van der Waals surface area contributed by atoms with Crippen LogP contribution in [-0.2, 0) is 11.4 Å². The van der Waals surface area contributed by atoms with Crippen LogP contribution in [0.2, 0.25) is 0 Å². The second-order valence-electron chi connectivity index (χ2n) is 10.1. The molecule has 5 rings (SSSR count). The highest BCUT2D eigenvalue weighted by atomic mass is 32.2. The summed E-state index contributed by atoms with van der Waals surface area (Å²) >= 11 is 1.57. The third-order valence-corrected chi connectivity index (χ3v) is 8.41. The van der Waals surface area contributed by atoms with Crippen molar-refractivity contribution in [2.75, 3.05) is 11.9 Å². The highest BCUT2D eigenvalue weighted by molar-refractivity contribution is 8.05. The number of amides is 1. The minimum Gasteiger partial charge on any atom is -0.490 e. The van der Waals surface area contributed by atoms with Crippen LogP contribution in [0.15, 0.2) is 77.7 Å². The number of halogens is 1. The summed E-state index contributed by atoms with van der Waals surface area (Å²) in [6.45, 7) is 4.98. The smallest absolute Gasteiger partial charge is 0.262 e. The van der Waals surface area contributed by atoms with E-state index in [0.717, 1.165) is 36.1 Å². The van der Waals surface area contributed by atoms with Crippen molar-refractivity contribution in [3.63, 3.8) is 0 Å². The van der Waals surface area contributed by atoms with Crippen LogP contribution in [0.4, 0.5) is 10.1 Å². The second-order valence-corrected chi connectivity index (χ2v) is 11.2. The van der Waals surface area contributed by atoms with Crippen LogP contribution in [0.25, 0.3) is 6.08 Å². The van der Waals surface area contributed by atoms with Crippen molar-refractivity contribution in [3.8, 4) is 11.5 Å². The summed E-state index contributed by atoms with van der Waals surface area (Å²) in [6.07, 6.45) is 6.50. The molecule has 1 amide bonds. The Bertz CT molecular complexity index is 1300. The third kappa shape index (κ3) is 6.59. The lowest BCUT2D eigenvalue weighted by Crippen LogP contribution is -2.48. The molecule has 0 aromatic heterocycles. The van der Waals surface area contributed by atoms with Crippen molar-refractivity contribution in [1.29, 1.82) is 0 Å². The van der Waals surface area contributed by atoms with Gasteiger partial charge >= 0.3 is 0 Å². The number of benzene rings is 3. The van der Waals surface area contributed by atoms with Crippen LogP contribution in [-0.4, -0.2) is 29.0 Å². The number of nitrogens with one attached hydrogen (secondary N) is 1. The molecule has 2 fully saturated rings. The lowest BCUT2D eigenvalue weighted by molar-refractivity contribution is -0.129. The van der Waals surface area contributed by atoms with Gasteiger partial charge in [0.25, 0.3) is 5.91 Å². The highest BCUT2D eigenvalue weighted by Gasteiger charge is 2.42. The first kappa shape index (κ1) is 27.1. The number of carbonyl (C=O) groups excluding carboxylic acids is 1. The quantitative estimate of drug-likeness (QED) is 0.279. The molecule has 3 aromatic rings. The molecule has 5 nitrogen and oxygen atoms in total. The van der Waals surface area contributed by atoms with E-state index in [9.17, 15) is 9.18 Å². The molecule has 1 saturated carbocycles. The molecule has 2 aliphatic rings. The fourth-order valence-electron chi connectivity index (χ4n) is 5.26. The Morgan fingerprint density at radius 3 is 2.51 bits per heavy atom. The van der Waals surface area contributed by atoms with E-state index in [2.05, 4.69) is 17.1 Å². The highest BCUT2D eigenvalue weighted by Crippen LogP contribution is 2.42. The van der Waals surface area contributed by atoms with Crippen LogP contribution in [0.3, 0.4) is 0 Å². The van der Waals surface area contributed by atoms with E-state index in [1.807, 2.05) is 61.5 Å². The van der Waals surface area contributed by atoms with E-state index in [1.165, 1.54) is 18.6 Å². The first-order valence-corrected chi connectivity index (χ1v) is 14.6. The monoisotopic (exact) mass is 546 g/mol. The predicted molar refractivity (Wildman–Crippen MR) is 156 cm³/mol. The van der Waals surface area contributed by atoms with Crippen molar-refractivity contribution >= 4 is 29.4 Å². The van der Waals surface area contributed by atoms with E-state index in [1.54, 1.807) is 23.9 Å². The van der Waals surface area contributed by atoms with Gasteiger partial charge in [-0.05, 0) is 79.3 Å². The Morgan fingerprint density at radius 2 is 1.77 bits per heavy atom. The molecule has 1 aliphatic carbocycles. The fourth-order valence-corrected chi connectivity index (χ4v) is 6.47. The number of hydrogen-bond donors (Lipinski definition) is 1. The lowest BCUT2D eigenvalue weighted by atomic mass is 9.85. The zero-order valence-electron chi connectivity index (χ0n) is 22.4. The number of nitrogens with zero attached hydrogens (tertiary/aromatic N) is 1. The van der Waals surface area contributed by atoms with Gasteiger partial charge in [-0.25, -0.2) is 4.39 Å². The Hall–Kier alpha value is -3.45. The van der Waals surface area contributed by atoms with Gasteiger partial charge in [-0.3, -0.25) is 4.79 Å². The minimum atomic E-state index is -0.275. The number of ether oxygens (including phenoxy) is 2. The summed E-state index contributed by atoms with van der Waals surface area (Å²) in [6, 6.07) is 22.3. The van der Waals surface area contributed by atoms with Crippen molar-refractivity contribution in [2.45, 2.75) is 57.7 Å². The molecule has 1 heterocycles. The number of thioether (sulfide) groups is 1. The molecular formula is C32H35FN2O3S. The summed E-state index contributed by atoms with van der Waals surface area (Å²) in [5, 5.41) is 3.59.